The molecule has 0 spiro atoms. The number of nitrogens with two attached hydrogens (primary N) is 1. The van der Waals surface area contributed by atoms with Crippen molar-refractivity contribution in [3.63, 3.8) is 0 Å². The lowest BCUT2D eigenvalue weighted by Gasteiger charge is -2.15. The van der Waals surface area contributed by atoms with Crippen LogP contribution in [0, 0.1) is 11.7 Å². The van der Waals surface area contributed by atoms with Gasteiger partial charge in [-0.25, -0.2) is 17.9 Å². The molecule has 2 atom stereocenters. The molecular weight excluding hydrogens is 299 g/mol. The Labute approximate surface area is 122 Å². The summed E-state index contributed by atoms with van der Waals surface area (Å²) < 4.78 is 41.4. The van der Waals surface area contributed by atoms with E-state index in [4.69, 9.17) is 9.88 Å². The van der Waals surface area contributed by atoms with E-state index in [0.717, 1.165) is 24.6 Å². The van der Waals surface area contributed by atoms with Gasteiger partial charge in [0.15, 0.2) is 0 Å². The summed E-state index contributed by atoms with van der Waals surface area (Å²) in [5, 5.41) is 7.53. The monoisotopic (exact) mass is 316 g/mol. The minimum Gasteiger partial charge on any atom is -0.378 e. The topological polar surface area (TPSA) is 98.5 Å². The molecule has 1 heterocycles. The Morgan fingerprint density at radius 1 is 1.52 bits per heavy atom. The third kappa shape index (κ3) is 3.78. The summed E-state index contributed by atoms with van der Waals surface area (Å²) in [6, 6.07) is 2.96. The van der Waals surface area contributed by atoms with Crippen molar-refractivity contribution in [3.05, 3.63) is 29.6 Å². The van der Waals surface area contributed by atoms with Crippen LogP contribution in [0.5, 0.6) is 0 Å². The van der Waals surface area contributed by atoms with E-state index in [1.807, 2.05) is 6.92 Å². The third-order valence-electron chi connectivity index (χ3n) is 3.57. The number of hydrogen-bond donors (Lipinski definition) is 2. The van der Waals surface area contributed by atoms with Crippen LogP contribution < -0.4 is 10.5 Å². The number of carbonyl (C=O) groups is 1. The van der Waals surface area contributed by atoms with E-state index >= 15 is 0 Å². The lowest BCUT2D eigenvalue weighted by Crippen LogP contribution is -2.32. The Bertz CT molecular complexity index is 648. The second-order valence-electron chi connectivity index (χ2n) is 5.02. The van der Waals surface area contributed by atoms with Crippen LogP contribution in [0.15, 0.2) is 23.1 Å². The molecule has 3 N–H and O–H groups in total. The average Bonchev–Trinajstić information content (AvgIpc) is 2.80. The standard InChI is InChI=1S/C13H17FN2O4S/c1-8-9(4-5-20-8)7-16-13(17)11-3-2-10(6-12(11)14)21(15,18)19/h2-3,6,8-9H,4-5,7H2,1H3,(H,16,17)(H2,15,18,19). The largest absolute Gasteiger partial charge is 0.378 e. The second kappa shape index (κ2) is 6.08. The first-order chi connectivity index (χ1) is 9.79. The van der Waals surface area contributed by atoms with Crippen LogP contribution in [0.2, 0.25) is 0 Å². The number of halogens is 1. The highest BCUT2D eigenvalue weighted by molar-refractivity contribution is 7.89. The van der Waals surface area contributed by atoms with Crippen molar-refractivity contribution in [1.82, 2.24) is 5.32 Å². The first-order valence-corrected chi connectivity index (χ1v) is 8.06. The fourth-order valence-electron chi connectivity index (χ4n) is 2.22. The van der Waals surface area contributed by atoms with Crippen molar-refractivity contribution in [3.8, 4) is 0 Å². The molecule has 1 aromatic rings. The van der Waals surface area contributed by atoms with Crippen LogP contribution in [-0.4, -0.2) is 33.6 Å². The Balaban J connectivity index is 2.06. The zero-order valence-corrected chi connectivity index (χ0v) is 12.3. The van der Waals surface area contributed by atoms with Crippen molar-refractivity contribution in [2.24, 2.45) is 11.1 Å². The Morgan fingerprint density at radius 2 is 2.24 bits per heavy atom. The molecule has 116 valence electrons. The van der Waals surface area contributed by atoms with Gasteiger partial charge >= 0.3 is 0 Å². The van der Waals surface area contributed by atoms with E-state index in [-0.39, 0.29) is 22.5 Å². The summed E-state index contributed by atoms with van der Waals surface area (Å²) in [4.78, 5) is 11.6. The molecule has 2 unspecified atom stereocenters. The van der Waals surface area contributed by atoms with E-state index in [2.05, 4.69) is 5.32 Å². The van der Waals surface area contributed by atoms with Crippen LogP contribution in [0.3, 0.4) is 0 Å². The summed E-state index contributed by atoms with van der Waals surface area (Å²) in [5.74, 6) is -1.32. The number of rotatable bonds is 4. The number of ether oxygens (including phenoxy) is 1. The average molecular weight is 316 g/mol. The van der Waals surface area contributed by atoms with Crippen LogP contribution in [0.25, 0.3) is 0 Å². The summed E-state index contributed by atoms with van der Waals surface area (Å²) in [7, 11) is -3.99. The van der Waals surface area contributed by atoms with E-state index in [1.165, 1.54) is 0 Å². The number of primary sulfonamides is 1. The van der Waals surface area contributed by atoms with Crippen molar-refractivity contribution >= 4 is 15.9 Å². The molecule has 0 saturated carbocycles. The van der Waals surface area contributed by atoms with E-state index in [1.54, 1.807) is 0 Å². The number of hydrogen-bond acceptors (Lipinski definition) is 4. The molecule has 0 aromatic heterocycles. The van der Waals surface area contributed by atoms with E-state index in [9.17, 15) is 17.6 Å². The smallest absolute Gasteiger partial charge is 0.254 e. The molecule has 1 saturated heterocycles. The van der Waals surface area contributed by atoms with Crippen LogP contribution in [0.4, 0.5) is 4.39 Å². The van der Waals surface area contributed by atoms with Crippen LogP contribution in [-0.2, 0) is 14.8 Å². The van der Waals surface area contributed by atoms with Gasteiger partial charge in [-0.05, 0) is 31.5 Å². The van der Waals surface area contributed by atoms with Gasteiger partial charge in [-0.15, -0.1) is 0 Å². The first-order valence-electron chi connectivity index (χ1n) is 6.51. The molecule has 0 radical (unpaired) electrons. The van der Waals surface area contributed by atoms with E-state index < -0.39 is 21.7 Å². The summed E-state index contributed by atoms with van der Waals surface area (Å²) in [5.41, 5.74) is -0.214. The Kier molecular flexibility index (Phi) is 4.60. The zero-order valence-electron chi connectivity index (χ0n) is 11.5. The highest BCUT2D eigenvalue weighted by atomic mass is 32.2. The van der Waals surface area contributed by atoms with Gasteiger partial charge in [0.2, 0.25) is 10.0 Å². The van der Waals surface area contributed by atoms with Crippen molar-refractivity contribution in [2.45, 2.75) is 24.3 Å². The number of amides is 1. The van der Waals surface area contributed by atoms with Gasteiger partial charge in [0.05, 0.1) is 16.6 Å². The second-order valence-corrected chi connectivity index (χ2v) is 6.58. The molecule has 1 aromatic carbocycles. The molecule has 1 amide bonds. The van der Waals surface area contributed by atoms with Crippen molar-refractivity contribution in [2.75, 3.05) is 13.2 Å². The highest BCUT2D eigenvalue weighted by Gasteiger charge is 2.25. The first kappa shape index (κ1) is 15.9. The maximum absolute atomic E-state index is 13.8. The quantitative estimate of drug-likeness (QED) is 0.851. The molecule has 2 rings (SSSR count). The molecular formula is C13H17FN2O4S. The molecule has 8 heteroatoms. The molecule has 21 heavy (non-hydrogen) atoms. The summed E-state index contributed by atoms with van der Waals surface area (Å²) in [6.07, 6.45) is 0.897. The third-order valence-corrected chi connectivity index (χ3v) is 4.48. The van der Waals surface area contributed by atoms with Gasteiger partial charge in [0.25, 0.3) is 5.91 Å². The minimum absolute atomic E-state index is 0.0555. The molecule has 6 nitrogen and oxygen atoms in total. The zero-order chi connectivity index (χ0) is 15.6. The minimum atomic E-state index is -3.99. The van der Waals surface area contributed by atoms with Gasteiger partial charge in [0, 0.05) is 19.1 Å². The number of sulfonamides is 1. The SMILES string of the molecule is CC1OCCC1CNC(=O)c1ccc(S(N)(=O)=O)cc1F. The van der Waals surface area contributed by atoms with Crippen LogP contribution >= 0.6 is 0 Å². The number of nitrogens with one attached hydrogen (secondary N) is 1. The van der Waals surface area contributed by atoms with Gasteiger partial charge in [-0.3, -0.25) is 4.79 Å². The number of benzene rings is 1. The van der Waals surface area contributed by atoms with Crippen LogP contribution in [0.1, 0.15) is 23.7 Å². The lowest BCUT2D eigenvalue weighted by molar-refractivity contribution is 0.0904. The maximum atomic E-state index is 13.8. The van der Waals surface area contributed by atoms with Gasteiger partial charge in [0.1, 0.15) is 5.82 Å². The molecule has 0 bridgehead atoms. The van der Waals surface area contributed by atoms with Crippen molar-refractivity contribution < 1.29 is 22.3 Å². The predicted octanol–water partition coefficient (Wildman–Crippen LogP) is 0.628. The molecule has 1 fully saturated rings. The van der Waals surface area contributed by atoms with E-state index in [0.29, 0.717) is 13.2 Å². The Morgan fingerprint density at radius 3 is 2.76 bits per heavy atom. The summed E-state index contributed by atoms with van der Waals surface area (Å²) >= 11 is 0. The predicted molar refractivity (Wildman–Crippen MR) is 73.6 cm³/mol. The number of carbonyl (C=O) groups excluding carboxylic acids is 1. The maximum Gasteiger partial charge on any atom is 0.254 e. The fourth-order valence-corrected chi connectivity index (χ4v) is 2.75. The normalized spacial score (nSPS) is 22.2. The highest BCUT2D eigenvalue weighted by Crippen LogP contribution is 2.20. The van der Waals surface area contributed by atoms with Gasteiger partial charge in [-0.2, -0.15) is 0 Å². The lowest BCUT2D eigenvalue weighted by atomic mass is 10.0. The van der Waals surface area contributed by atoms with Crippen molar-refractivity contribution in [1.29, 1.82) is 0 Å². The van der Waals surface area contributed by atoms with Gasteiger partial charge in [-0.1, -0.05) is 0 Å². The Hall–Kier alpha value is -1.51. The molecule has 1 aliphatic heterocycles. The van der Waals surface area contributed by atoms with Gasteiger partial charge < -0.3 is 10.1 Å². The molecule has 0 aliphatic carbocycles. The fraction of sp³-hybridized carbons (Fsp3) is 0.462. The summed E-state index contributed by atoms with van der Waals surface area (Å²) in [6.45, 7) is 2.96. The molecule has 1 aliphatic rings.